The number of nitrogens with zero attached hydrogens (tertiary/aromatic N) is 2. The molecular formula is C11H23N3O3S. The molecule has 0 aromatic heterocycles. The number of nitrogens with two attached hydrogens (primary N) is 1. The molecular weight excluding hydrogens is 254 g/mol. The third kappa shape index (κ3) is 3.58. The summed E-state index contributed by atoms with van der Waals surface area (Å²) in [7, 11) is -1.70. The van der Waals surface area contributed by atoms with E-state index in [1.807, 2.05) is 0 Å². The fraction of sp³-hybridized carbons (Fsp3) is 0.909. The maximum absolute atomic E-state index is 12.3. The van der Waals surface area contributed by atoms with Crippen LogP contribution in [0, 0.1) is 5.92 Å². The second kappa shape index (κ2) is 6.38. The third-order valence-corrected chi connectivity index (χ3v) is 5.89. The van der Waals surface area contributed by atoms with Crippen LogP contribution in [0.4, 0.5) is 0 Å². The first-order valence-electron chi connectivity index (χ1n) is 6.32. The minimum Gasteiger partial charge on any atom is -0.409 e. The Labute approximate surface area is 109 Å². The van der Waals surface area contributed by atoms with Crippen molar-refractivity contribution in [3.63, 3.8) is 0 Å². The highest BCUT2D eigenvalue weighted by Gasteiger charge is 2.31. The normalized spacial score (nSPS) is 21.2. The molecule has 1 atom stereocenters. The molecule has 1 rings (SSSR count). The van der Waals surface area contributed by atoms with Gasteiger partial charge < -0.3 is 10.9 Å². The molecule has 0 saturated heterocycles. The van der Waals surface area contributed by atoms with E-state index in [0.29, 0.717) is 0 Å². The summed E-state index contributed by atoms with van der Waals surface area (Å²) < 4.78 is 26.0. The Balaban J connectivity index is 2.66. The minimum atomic E-state index is -3.26. The number of oxime groups is 1. The number of sulfonamides is 1. The zero-order valence-electron chi connectivity index (χ0n) is 11.0. The van der Waals surface area contributed by atoms with Crippen molar-refractivity contribution in [2.24, 2.45) is 16.8 Å². The van der Waals surface area contributed by atoms with Crippen molar-refractivity contribution in [3.05, 3.63) is 0 Å². The Bertz CT molecular complexity index is 388. The van der Waals surface area contributed by atoms with E-state index in [-0.39, 0.29) is 23.5 Å². The molecule has 1 unspecified atom stereocenters. The molecule has 0 amide bonds. The van der Waals surface area contributed by atoms with Gasteiger partial charge in [-0.1, -0.05) is 31.3 Å². The van der Waals surface area contributed by atoms with Crippen LogP contribution < -0.4 is 5.73 Å². The molecule has 0 heterocycles. The van der Waals surface area contributed by atoms with Gasteiger partial charge in [-0.15, -0.1) is 0 Å². The Hall–Kier alpha value is -0.820. The lowest BCUT2D eigenvalue weighted by atomic mass is 10.0. The Morgan fingerprint density at radius 2 is 2.00 bits per heavy atom. The summed E-state index contributed by atoms with van der Waals surface area (Å²) in [6.07, 6.45) is 4.56. The summed E-state index contributed by atoms with van der Waals surface area (Å²) in [6.45, 7) is 1.98. The van der Waals surface area contributed by atoms with Crippen molar-refractivity contribution < 1.29 is 13.6 Å². The highest BCUT2D eigenvalue weighted by atomic mass is 32.2. The predicted molar refractivity (Wildman–Crippen MR) is 71.0 cm³/mol. The lowest BCUT2D eigenvalue weighted by Gasteiger charge is -2.28. The molecule has 106 valence electrons. The Kier molecular flexibility index (Phi) is 5.40. The highest BCUT2D eigenvalue weighted by Crippen LogP contribution is 2.25. The van der Waals surface area contributed by atoms with Crippen LogP contribution in [-0.4, -0.2) is 42.6 Å². The van der Waals surface area contributed by atoms with E-state index in [2.05, 4.69) is 5.16 Å². The van der Waals surface area contributed by atoms with E-state index in [0.717, 1.165) is 32.1 Å². The molecule has 1 fully saturated rings. The molecule has 7 heteroatoms. The van der Waals surface area contributed by atoms with Gasteiger partial charge >= 0.3 is 0 Å². The molecule has 0 radical (unpaired) electrons. The topological polar surface area (TPSA) is 96.0 Å². The second-order valence-electron chi connectivity index (χ2n) is 5.01. The molecule has 0 aromatic rings. The average Bonchev–Trinajstić information content (AvgIpc) is 2.38. The first kappa shape index (κ1) is 15.2. The van der Waals surface area contributed by atoms with E-state index in [9.17, 15) is 8.42 Å². The SMILES string of the molecule is CC(CN(C)S(=O)(=O)C1CCCCC1)/C(N)=N/O. The summed E-state index contributed by atoms with van der Waals surface area (Å²) in [5, 5.41) is 11.2. The van der Waals surface area contributed by atoms with Crippen LogP contribution in [0.5, 0.6) is 0 Å². The quantitative estimate of drug-likeness (QED) is 0.338. The van der Waals surface area contributed by atoms with Crippen LogP contribution in [0.15, 0.2) is 5.16 Å². The molecule has 1 aliphatic carbocycles. The van der Waals surface area contributed by atoms with Crippen molar-refractivity contribution in [1.29, 1.82) is 0 Å². The highest BCUT2D eigenvalue weighted by molar-refractivity contribution is 7.89. The van der Waals surface area contributed by atoms with Crippen LogP contribution in [0.25, 0.3) is 0 Å². The van der Waals surface area contributed by atoms with E-state index in [1.54, 1.807) is 14.0 Å². The summed E-state index contributed by atoms with van der Waals surface area (Å²) in [5.74, 6) is -0.237. The maximum atomic E-state index is 12.3. The maximum Gasteiger partial charge on any atom is 0.216 e. The van der Waals surface area contributed by atoms with Crippen LogP contribution in [0.3, 0.4) is 0 Å². The molecule has 6 nitrogen and oxygen atoms in total. The van der Waals surface area contributed by atoms with Gasteiger partial charge in [-0.3, -0.25) is 0 Å². The van der Waals surface area contributed by atoms with E-state index < -0.39 is 10.0 Å². The van der Waals surface area contributed by atoms with Gasteiger partial charge in [-0.25, -0.2) is 12.7 Å². The summed E-state index contributed by atoms with van der Waals surface area (Å²) in [6, 6.07) is 0. The first-order chi connectivity index (χ1) is 8.39. The fourth-order valence-corrected chi connectivity index (χ4v) is 4.17. The van der Waals surface area contributed by atoms with Gasteiger partial charge in [0.2, 0.25) is 10.0 Å². The summed E-state index contributed by atoms with van der Waals surface area (Å²) in [5.41, 5.74) is 5.47. The first-order valence-corrected chi connectivity index (χ1v) is 7.82. The van der Waals surface area contributed by atoms with Gasteiger partial charge in [0.15, 0.2) is 0 Å². The van der Waals surface area contributed by atoms with Gasteiger partial charge in [0.1, 0.15) is 5.84 Å². The van der Waals surface area contributed by atoms with Crippen LogP contribution in [0.1, 0.15) is 39.0 Å². The Morgan fingerprint density at radius 3 is 2.50 bits per heavy atom. The zero-order chi connectivity index (χ0) is 13.8. The second-order valence-corrected chi connectivity index (χ2v) is 7.33. The number of hydrogen-bond acceptors (Lipinski definition) is 4. The average molecular weight is 277 g/mol. The number of amidine groups is 1. The summed E-state index contributed by atoms with van der Waals surface area (Å²) >= 11 is 0. The van der Waals surface area contributed by atoms with Gasteiger partial charge in [-0.05, 0) is 12.8 Å². The monoisotopic (exact) mass is 277 g/mol. The van der Waals surface area contributed by atoms with Crippen molar-refractivity contribution >= 4 is 15.9 Å². The molecule has 3 N–H and O–H groups in total. The van der Waals surface area contributed by atoms with Gasteiger partial charge in [0, 0.05) is 19.5 Å². The van der Waals surface area contributed by atoms with Gasteiger partial charge in [0.05, 0.1) is 5.25 Å². The molecule has 1 saturated carbocycles. The molecule has 1 aliphatic rings. The van der Waals surface area contributed by atoms with E-state index in [4.69, 9.17) is 10.9 Å². The molecule has 0 aliphatic heterocycles. The van der Waals surface area contributed by atoms with Crippen molar-refractivity contribution in [1.82, 2.24) is 4.31 Å². The van der Waals surface area contributed by atoms with Gasteiger partial charge in [-0.2, -0.15) is 0 Å². The molecule has 0 bridgehead atoms. The molecule has 0 aromatic carbocycles. The van der Waals surface area contributed by atoms with Crippen LogP contribution in [-0.2, 0) is 10.0 Å². The van der Waals surface area contributed by atoms with Crippen molar-refractivity contribution in [2.75, 3.05) is 13.6 Å². The number of rotatable bonds is 5. The van der Waals surface area contributed by atoms with Crippen molar-refractivity contribution in [2.45, 2.75) is 44.3 Å². The lowest BCUT2D eigenvalue weighted by Crippen LogP contribution is -2.41. The summed E-state index contributed by atoms with van der Waals surface area (Å²) in [4.78, 5) is 0. The third-order valence-electron chi connectivity index (χ3n) is 3.56. The molecule has 0 spiro atoms. The molecule has 18 heavy (non-hydrogen) atoms. The smallest absolute Gasteiger partial charge is 0.216 e. The lowest BCUT2D eigenvalue weighted by molar-refractivity contribution is 0.312. The Morgan fingerprint density at radius 1 is 1.44 bits per heavy atom. The van der Waals surface area contributed by atoms with Crippen LogP contribution in [0.2, 0.25) is 0 Å². The number of hydrogen-bond donors (Lipinski definition) is 2. The van der Waals surface area contributed by atoms with E-state index >= 15 is 0 Å². The van der Waals surface area contributed by atoms with Gasteiger partial charge in [0.25, 0.3) is 0 Å². The van der Waals surface area contributed by atoms with Crippen LogP contribution >= 0.6 is 0 Å². The largest absolute Gasteiger partial charge is 0.409 e. The standard InChI is InChI=1S/C11H23N3O3S/c1-9(11(12)13-15)8-14(2)18(16,17)10-6-4-3-5-7-10/h9-10,15H,3-8H2,1-2H3,(H2,12,13). The fourth-order valence-electron chi connectivity index (χ4n) is 2.30. The van der Waals surface area contributed by atoms with E-state index in [1.165, 1.54) is 4.31 Å². The zero-order valence-corrected chi connectivity index (χ0v) is 11.9. The minimum absolute atomic E-state index is 0.0562. The predicted octanol–water partition coefficient (Wildman–Crippen LogP) is 0.963. The van der Waals surface area contributed by atoms with Crippen molar-refractivity contribution in [3.8, 4) is 0 Å².